The molecule has 18 heavy (non-hydrogen) atoms. The predicted octanol–water partition coefficient (Wildman–Crippen LogP) is 1.70. The quantitative estimate of drug-likeness (QED) is 0.751. The molecule has 5 heteroatoms. The van der Waals surface area contributed by atoms with E-state index in [9.17, 15) is 8.42 Å². The molecule has 3 nitrogen and oxygen atoms in total. The van der Waals surface area contributed by atoms with Crippen LogP contribution in [0.2, 0.25) is 14.8 Å². The molecule has 0 radical (unpaired) electrons. The summed E-state index contributed by atoms with van der Waals surface area (Å²) in [4.78, 5) is 9.37. The Hall–Kier alpha value is -0.0713. The summed E-state index contributed by atoms with van der Waals surface area (Å²) >= 11 is -2.22. The average Bonchev–Trinajstić information content (AvgIpc) is 2.13. The fourth-order valence-electron chi connectivity index (χ4n) is 1.84. The van der Waals surface area contributed by atoms with Crippen molar-refractivity contribution < 1.29 is 8.42 Å². The Balaban J connectivity index is 3.40. The van der Waals surface area contributed by atoms with E-state index in [1.165, 1.54) is 9.84 Å². The van der Waals surface area contributed by atoms with Gasteiger partial charge in [-0.15, -0.1) is 0 Å². The fraction of sp³-hybridized carbons (Fsp3) is 0.538. The van der Waals surface area contributed by atoms with Crippen molar-refractivity contribution in [3.05, 3.63) is 23.8 Å². The van der Waals surface area contributed by atoms with Gasteiger partial charge < -0.3 is 0 Å². The van der Waals surface area contributed by atoms with E-state index in [2.05, 4.69) is 20.9 Å². The first-order valence-electron chi connectivity index (χ1n) is 6.00. The normalized spacial score (nSPS) is 13.1. The van der Waals surface area contributed by atoms with Crippen LogP contribution >= 0.6 is 0 Å². The number of rotatable bonds is 4. The third-order valence-electron chi connectivity index (χ3n) is 2.82. The molecule has 0 N–H and O–H groups in total. The van der Waals surface area contributed by atoms with E-state index in [0.717, 1.165) is 5.56 Å². The minimum atomic E-state index is -3.15. The van der Waals surface area contributed by atoms with Crippen molar-refractivity contribution in [2.45, 2.75) is 26.3 Å². The molecule has 1 aromatic carbocycles. The van der Waals surface area contributed by atoms with Crippen molar-refractivity contribution in [3.8, 4) is 0 Å². The molecule has 102 valence electrons. The topological polar surface area (TPSA) is 37.4 Å². The molecular weight excluding hydrogens is 353 g/mol. The molecule has 0 spiro atoms. The molecule has 0 unspecified atom stereocenters. The molecular formula is C13H23NO2SSn. The van der Waals surface area contributed by atoms with Gasteiger partial charge in [0.2, 0.25) is 0 Å². The Morgan fingerprint density at radius 1 is 1.17 bits per heavy atom. The van der Waals surface area contributed by atoms with Gasteiger partial charge in [0.1, 0.15) is 0 Å². The molecule has 0 aliphatic rings. The van der Waals surface area contributed by atoms with E-state index >= 15 is 0 Å². The zero-order valence-electron chi connectivity index (χ0n) is 12.1. The molecule has 0 fully saturated rings. The summed E-state index contributed by atoms with van der Waals surface area (Å²) in [5.74, 6) is 0. The number of sulfone groups is 1. The van der Waals surface area contributed by atoms with Crippen molar-refractivity contribution in [1.29, 1.82) is 0 Å². The second-order valence-electron chi connectivity index (χ2n) is 6.08. The summed E-state index contributed by atoms with van der Waals surface area (Å²) in [6.07, 6.45) is 1.30. The van der Waals surface area contributed by atoms with Crippen LogP contribution in [-0.2, 0) is 16.4 Å². The SMILES string of the molecule is CN(C)Cc1cc[c]([Sn]([CH3])([CH3])[CH3])cc1S(C)(=O)=O. The van der Waals surface area contributed by atoms with E-state index in [4.69, 9.17) is 0 Å². The Morgan fingerprint density at radius 3 is 2.11 bits per heavy atom. The van der Waals surface area contributed by atoms with Crippen LogP contribution in [0.1, 0.15) is 5.56 Å². The van der Waals surface area contributed by atoms with Crippen molar-refractivity contribution in [3.63, 3.8) is 0 Å². The van der Waals surface area contributed by atoms with Gasteiger partial charge in [-0.1, -0.05) is 0 Å². The van der Waals surface area contributed by atoms with Crippen LogP contribution in [-0.4, -0.2) is 52.0 Å². The Morgan fingerprint density at radius 2 is 1.72 bits per heavy atom. The number of hydrogen-bond donors (Lipinski definition) is 0. The second kappa shape index (κ2) is 5.51. The van der Waals surface area contributed by atoms with Gasteiger partial charge in [0, 0.05) is 0 Å². The minimum absolute atomic E-state index is 0.500. The molecule has 1 rings (SSSR count). The summed E-state index contributed by atoms with van der Waals surface area (Å²) in [5, 5.41) is 0. The van der Waals surface area contributed by atoms with Gasteiger partial charge in [-0.3, -0.25) is 0 Å². The average molecular weight is 376 g/mol. The van der Waals surface area contributed by atoms with Gasteiger partial charge in [-0.2, -0.15) is 0 Å². The van der Waals surface area contributed by atoms with E-state index in [-0.39, 0.29) is 0 Å². The second-order valence-corrected chi connectivity index (χ2v) is 22.6. The summed E-state index contributed by atoms with van der Waals surface area (Å²) in [7, 11) is 0.740. The zero-order chi connectivity index (χ0) is 14.1. The first kappa shape index (κ1) is 16.0. The fourth-order valence-corrected chi connectivity index (χ4v) is 6.40. The third kappa shape index (κ3) is 4.24. The van der Waals surface area contributed by atoms with E-state index in [1.807, 2.05) is 31.1 Å². The van der Waals surface area contributed by atoms with Crippen molar-refractivity contribution >= 4 is 31.8 Å². The molecule has 0 aliphatic carbocycles. The molecule has 0 aliphatic heterocycles. The first-order valence-corrected chi connectivity index (χ1v) is 17.9. The van der Waals surface area contributed by atoms with E-state index in [0.29, 0.717) is 11.4 Å². The van der Waals surface area contributed by atoms with Crippen LogP contribution < -0.4 is 3.58 Å². The predicted molar refractivity (Wildman–Crippen MR) is 79.9 cm³/mol. The van der Waals surface area contributed by atoms with Crippen LogP contribution in [0.25, 0.3) is 0 Å². The Bertz CT molecular complexity index is 530. The van der Waals surface area contributed by atoms with Crippen molar-refractivity contribution in [2.75, 3.05) is 20.4 Å². The third-order valence-corrected chi connectivity index (χ3v) is 9.83. The molecule has 0 saturated heterocycles. The van der Waals surface area contributed by atoms with Crippen LogP contribution in [0.5, 0.6) is 0 Å². The molecule has 0 bridgehead atoms. The zero-order valence-corrected chi connectivity index (χ0v) is 15.8. The van der Waals surface area contributed by atoms with Crippen molar-refractivity contribution in [2.24, 2.45) is 0 Å². The standard InChI is InChI=1S/C10H14NO2S.3CH3.Sn/c1-11(2)8-9-6-4-5-7-10(9)14(3,12)13;;;;/h4,6-7H,8H2,1-3H3;3*1H3;. The van der Waals surface area contributed by atoms with Gasteiger partial charge in [-0.05, 0) is 0 Å². The molecule has 0 amide bonds. The summed E-state index contributed by atoms with van der Waals surface area (Å²) < 4.78 is 25.1. The summed E-state index contributed by atoms with van der Waals surface area (Å²) in [6, 6.07) is 6.00. The maximum absolute atomic E-state index is 11.9. The molecule has 0 saturated carbocycles. The van der Waals surface area contributed by atoms with Crippen LogP contribution in [0.3, 0.4) is 0 Å². The van der Waals surface area contributed by atoms with Crippen LogP contribution in [0, 0.1) is 0 Å². The van der Waals surface area contributed by atoms with Crippen molar-refractivity contribution in [1.82, 2.24) is 4.90 Å². The number of hydrogen-bond acceptors (Lipinski definition) is 3. The van der Waals surface area contributed by atoms with Gasteiger partial charge in [0.15, 0.2) is 0 Å². The van der Waals surface area contributed by atoms with Crippen LogP contribution in [0.15, 0.2) is 23.1 Å². The van der Waals surface area contributed by atoms with E-state index < -0.39 is 28.2 Å². The molecule has 1 aromatic rings. The monoisotopic (exact) mass is 377 g/mol. The first-order chi connectivity index (χ1) is 8.01. The van der Waals surface area contributed by atoms with Gasteiger partial charge in [0.25, 0.3) is 0 Å². The summed E-state index contributed by atoms with van der Waals surface area (Å²) in [5.41, 5.74) is 0.891. The maximum atomic E-state index is 11.9. The summed E-state index contributed by atoms with van der Waals surface area (Å²) in [6.45, 7) is 0.655. The van der Waals surface area contributed by atoms with Gasteiger partial charge >= 0.3 is 115 Å². The molecule has 0 aromatic heterocycles. The number of benzene rings is 1. The van der Waals surface area contributed by atoms with Gasteiger partial charge in [-0.25, -0.2) is 0 Å². The van der Waals surface area contributed by atoms with E-state index in [1.54, 1.807) is 0 Å². The Kier molecular flexibility index (Phi) is 4.89. The van der Waals surface area contributed by atoms with Gasteiger partial charge in [0.05, 0.1) is 0 Å². The Labute approximate surface area is 115 Å². The molecule has 0 atom stereocenters. The molecule has 0 heterocycles. The number of nitrogens with zero attached hydrogens (tertiary/aromatic N) is 1. The van der Waals surface area contributed by atoms with Crippen LogP contribution in [0.4, 0.5) is 0 Å².